The van der Waals surface area contributed by atoms with Crippen molar-refractivity contribution in [1.29, 1.82) is 0 Å². The zero-order valence-corrected chi connectivity index (χ0v) is 15.7. The number of benzene rings is 1. The summed E-state index contributed by atoms with van der Waals surface area (Å²) in [5.74, 6) is -0.0710. The number of carbonyl (C=O) groups is 2. The summed E-state index contributed by atoms with van der Waals surface area (Å²) in [6.45, 7) is 0.133. The molecule has 5 nitrogen and oxygen atoms in total. The Balaban J connectivity index is 1.58. The highest BCUT2D eigenvalue weighted by molar-refractivity contribution is 6.03. The molecule has 6 heteroatoms. The van der Waals surface area contributed by atoms with Crippen LogP contribution in [0.5, 0.6) is 0 Å². The summed E-state index contributed by atoms with van der Waals surface area (Å²) in [6.07, 6.45) is 7.87. The molecule has 4 rings (SSSR count). The summed E-state index contributed by atoms with van der Waals surface area (Å²) < 4.78 is 14.2. The van der Waals surface area contributed by atoms with Crippen LogP contribution in [0.1, 0.15) is 54.4 Å². The maximum absolute atomic E-state index is 14.2. The fourth-order valence-corrected chi connectivity index (χ4v) is 4.33. The van der Waals surface area contributed by atoms with Crippen molar-refractivity contribution in [3.8, 4) is 0 Å². The Kier molecular flexibility index (Phi) is 5.37. The second-order valence-electron chi connectivity index (χ2n) is 7.66. The molecule has 0 spiro atoms. The van der Waals surface area contributed by atoms with Gasteiger partial charge in [0, 0.05) is 17.3 Å². The maximum atomic E-state index is 14.2. The van der Waals surface area contributed by atoms with Crippen molar-refractivity contribution < 1.29 is 14.0 Å². The normalized spacial score (nSPS) is 18.0. The van der Waals surface area contributed by atoms with Gasteiger partial charge in [0.2, 0.25) is 5.91 Å². The molecule has 2 aromatic rings. The van der Waals surface area contributed by atoms with Gasteiger partial charge in [-0.1, -0.05) is 44.2 Å². The van der Waals surface area contributed by atoms with Crippen molar-refractivity contribution in [1.82, 2.24) is 9.88 Å². The highest BCUT2D eigenvalue weighted by Gasteiger charge is 2.39. The van der Waals surface area contributed by atoms with E-state index in [-0.39, 0.29) is 18.4 Å². The SMILES string of the molecule is O=C(Nc1ccccn1)[C@H](CC1CCCCC1)N1Cc2c(F)cccc2C1=O. The Hall–Kier alpha value is -2.76. The number of rotatable bonds is 5. The third-order valence-electron chi connectivity index (χ3n) is 5.81. The lowest BCUT2D eigenvalue weighted by atomic mass is 9.84. The number of halogens is 1. The van der Waals surface area contributed by atoms with Gasteiger partial charge in [0.15, 0.2) is 0 Å². The molecule has 2 heterocycles. The van der Waals surface area contributed by atoms with E-state index in [1.54, 1.807) is 36.5 Å². The fourth-order valence-electron chi connectivity index (χ4n) is 4.33. The van der Waals surface area contributed by atoms with Gasteiger partial charge in [0.05, 0.1) is 6.54 Å². The molecule has 0 unspecified atom stereocenters. The molecule has 146 valence electrons. The quantitative estimate of drug-likeness (QED) is 0.846. The number of hydrogen-bond donors (Lipinski definition) is 1. The van der Waals surface area contributed by atoms with E-state index in [1.165, 1.54) is 17.4 Å². The number of aromatic nitrogens is 1. The molecular formula is C22H24FN3O2. The van der Waals surface area contributed by atoms with Crippen LogP contribution in [0.15, 0.2) is 42.6 Å². The van der Waals surface area contributed by atoms with Gasteiger partial charge in [-0.3, -0.25) is 9.59 Å². The van der Waals surface area contributed by atoms with Crippen LogP contribution in [0.25, 0.3) is 0 Å². The lowest BCUT2D eigenvalue weighted by Gasteiger charge is -2.31. The van der Waals surface area contributed by atoms with E-state index in [9.17, 15) is 14.0 Å². The first-order valence-electron chi connectivity index (χ1n) is 9.93. The predicted molar refractivity (Wildman–Crippen MR) is 104 cm³/mol. The van der Waals surface area contributed by atoms with E-state index in [4.69, 9.17) is 0 Å². The Morgan fingerprint density at radius 3 is 2.71 bits per heavy atom. The number of nitrogens with one attached hydrogen (secondary N) is 1. The van der Waals surface area contributed by atoms with E-state index in [0.29, 0.717) is 29.3 Å². The van der Waals surface area contributed by atoms with Gasteiger partial charge in [-0.05, 0) is 36.6 Å². The summed E-state index contributed by atoms with van der Waals surface area (Å²) in [5, 5.41) is 2.83. The Morgan fingerprint density at radius 2 is 2.00 bits per heavy atom. The smallest absolute Gasteiger partial charge is 0.255 e. The van der Waals surface area contributed by atoms with E-state index >= 15 is 0 Å². The molecule has 2 aliphatic rings. The van der Waals surface area contributed by atoms with Gasteiger partial charge in [0.1, 0.15) is 17.7 Å². The van der Waals surface area contributed by atoms with Crippen LogP contribution in [-0.2, 0) is 11.3 Å². The highest BCUT2D eigenvalue weighted by Crippen LogP contribution is 2.33. The summed E-state index contributed by atoms with van der Waals surface area (Å²) in [7, 11) is 0. The second kappa shape index (κ2) is 8.09. The largest absolute Gasteiger partial charge is 0.322 e. The number of nitrogens with zero attached hydrogens (tertiary/aromatic N) is 2. The molecule has 1 aromatic heterocycles. The molecule has 1 saturated carbocycles. The predicted octanol–water partition coefficient (Wildman–Crippen LogP) is 4.15. The minimum Gasteiger partial charge on any atom is -0.322 e. The molecule has 1 fully saturated rings. The van der Waals surface area contributed by atoms with Crippen molar-refractivity contribution >= 4 is 17.6 Å². The number of pyridine rings is 1. The van der Waals surface area contributed by atoms with E-state index < -0.39 is 11.9 Å². The molecule has 1 aliphatic carbocycles. The minimum absolute atomic E-state index is 0.133. The van der Waals surface area contributed by atoms with Gasteiger partial charge in [-0.15, -0.1) is 0 Å². The van der Waals surface area contributed by atoms with Crippen molar-refractivity contribution in [3.05, 3.63) is 59.5 Å². The first kappa shape index (κ1) is 18.6. The van der Waals surface area contributed by atoms with Crippen molar-refractivity contribution in [2.24, 2.45) is 5.92 Å². The third kappa shape index (κ3) is 3.77. The zero-order chi connectivity index (χ0) is 19.5. The van der Waals surface area contributed by atoms with Crippen LogP contribution in [0.3, 0.4) is 0 Å². The monoisotopic (exact) mass is 381 g/mol. The summed E-state index contributed by atoms with van der Waals surface area (Å²) >= 11 is 0. The van der Waals surface area contributed by atoms with Gasteiger partial charge < -0.3 is 10.2 Å². The number of hydrogen-bond acceptors (Lipinski definition) is 3. The Bertz CT molecular complexity index is 865. The average molecular weight is 381 g/mol. The molecule has 1 atom stereocenters. The molecular weight excluding hydrogens is 357 g/mol. The lowest BCUT2D eigenvalue weighted by molar-refractivity contribution is -0.121. The van der Waals surface area contributed by atoms with Crippen LogP contribution >= 0.6 is 0 Å². The van der Waals surface area contributed by atoms with Crippen molar-refractivity contribution in [2.45, 2.75) is 51.1 Å². The fraction of sp³-hybridized carbons (Fsp3) is 0.409. The van der Waals surface area contributed by atoms with Crippen LogP contribution in [-0.4, -0.2) is 27.7 Å². The van der Waals surface area contributed by atoms with Crippen molar-refractivity contribution in [3.63, 3.8) is 0 Å². The molecule has 1 N–H and O–H groups in total. The first-order valence-corrected chi connectivity index (χ1v) is 9.93. The molecule has 0 bridgehead atoms. The van der Waals surface area contributed by atoms with E-state index in [1.807, 2.05) is 0 Å². The minimum atomic E-state index is -0.635. The lowest BCUT2D eigenvalue weighted by Crippen LogP contribution is -2.45. The van der Waals surface area contributed by atoms with Crippen LogP contribution < -0.4 is 5.32 Å². The summed E-state index contributed by atoms with van der Waals surface area (Å²) in [6, 6.07) is 9.19. The van der Waals surface area contributed by atoms with Crippen LogP contribution in [0, 0.1) is 11.7 Å². The van der Waals surface area contributed by atoms with Crippen molar-refractivity contribution in [2.75, 3.05) is 5.32 Å². The molecule has 0 saturated heterocycles. The average Bonchev–Trinajstić information content (AvgIpc) is 3.05. The number of carbonyl (C=O) groups excluding carboxylic acids is 2. The topological polar surface area (TPSA) is 62.3 Å². The van der Waals surface area contributed by atoms with E-state index in [0.717, 1.165) is 25.7 Å². The van der Waals surface area contributed by atoms with Gasteiger partial charge in [0.25, 0.3) is 5.91 Å². The number of amides is 2. The van der Waals surface area contributed by atoms with Crippen LogP contribution in [0.4, 0.5) is 10.2 Å². The zero-order valence-electron chi connectivity index (χ0n) is 15.7. The summed E-state index contributed by atoms with van der Waals surface area (Å²) in [5.41, 5.74) is 0.742. The molecule has 2 amide bonds. The molecule has 28 heavy (non-hydrogen) atoms. The summed E-state index contributed by atoms with van der Waals surface area (Å²) in [4.78, 5) is 31.7. The van der Waals surface area contributed by atoms with Gasteiger partial charge in [-0.25, -0.2) is 9.37 Å². The van der Waals surface area contributed by atoms with Gasteiger partial charge >= 0.3 is 0 Å². The standard InChI is InChI=1S/C22H24FN3O2/c23-18-10-6-9-16-17(18)14-26(22(16)28)19(13-15-7-2-1-3-8-15)21(27)25-20-11-4-5-12-24-20/h4-6,9-12,15,19H,1-3,7-8,13-14H2,(H,24,25,27)/t19-/m0/s1. The van der Waals surface area contributed by atoms with Crippen LogP contribution in [0.2, 0.25) is 0 Å². The Morgan fingerprint density at radius 1 is 1.18 bits per heavy atom. The third-order valence-corrected chi connectivity index (χ3v) is 5.81. The second-order valence-corrected chi connectivity index (χ2v) is 7.66. The van der Waals surface area contributed by atoms with E-state index in [2.05, 4.69) is 10.3 Å². The van der Waals surface area contributed by atoms with Gasteiger partial charge in [-0.2, -0.15) is 0 Å². The maximum Gasteiger partial charge on any atom is 0.255 e. The molecule has 1 aliphatic heterocycles. The number of fused-ring (bicyclic) bond motifs is 1. The Labute approximate surface area is 164 Å². The molecule has 0 radical (unpaired) electrons. The highest BCUT2D eigenvalue weighted by atomic mass is 19.1. The first-order chi connectivity index (χ1) is 13.6. The number of anilines is 1. The molecule has 1 aromatic carbocycles.